The maximum absolute atomic E-state index is 12.9. The Hall–Kier alpha value is -1.40. The van der Waals surface area contributed by atoms with Gasteiger partial charge in [-0.2, -0.15) is 4.31 Å². The molecular formula is C20H30N2O3S. The highest BCUT2D eigenvalue weighted by molar-refractivity contribution is 7.89. The van der Waals surface area contributed by atoms with Gasteiger partial charge in [-0.1, -0.05) is 26.2 Å². The van der Waals surface area contributed by atoms with E-state index < -0.39 is 10.0 Å². The largest absolute Gasteiger partial charge is 0.339 e. The molecule has 0 radical (unpaired) electrons. The van der Waals surface area contributed by atoms with Crippen molar-refractivity contribution < 1.29 is 13.2 Å². The number of nitrogens with zero attached hydrogens (tertiary/aromatic N) is 2. The molecule has 0 N–H and O–H groups in total. The summed E-state index contributed by atoms with van der Waals surface area (Å²) in [6, 6.07) is 6.55. The minimum atomic E-state index is -3.50. The Kier molecular flexibility index (Phi) is 6.03. The molecule has 6 heteroatoms. The molecule has 26 heavy (non-hydrogen) atoms. The lowest BCUT2D eigenvalue weighted by atomic mass is 9.96. The van der Waals surface area contributed by atoms with Crippen molar-refractivity contribution in [3.63, 3.8) is 0 Å². The van der Waals surface area contributed by atoms with Crippen LogP contribution in [0.4, 0.5) is 0 Å². The highest BCUT2D eigenvalue weighted by atomic mass is 32.2. The molecule has 1 aromatic rings. The third-order valence-electron chi connectivity index (χ3n) is 5.94. The first-order chi connectivity index (χ1) is 12.4. The summed E-state index contributed by atoms with van der Waals surface area (Å²) < 4.78 is 27.3. The van der Waals surface area contributed by atoms with E-state index in [9.17, 15) is 13.2 Å². The number of sulfonamides is 1. The third-order valence-corrected chi connectivity index (χ3v) is 7.86. The second kappa shape index (κ2) is 8.09. The summed E-state index contributed by atoms with van der Waals surface area (Å²) >= 11 is 0. The quantitative estimate of drug-likeness (QED) is 0.805. The first-order valence-electron chi connectivity index (χ1n) is 9.77. The maximum atomic E-state index is 12.9. The summed E-state index contributed by atoms with van der Waals surface area (Å²) in [5.74, 6) is 0.670. The second-order valence-electron chi connectivity index (χ2n) is 7.81. The topological polar surface area (TPSA) is 57.7 Å². The summed E-state index contributed by atoms with van der Waals surface area (Å²) in [7, 11) is -1.82. The van der Waals surface area contributed by atoms with Crippen molar-refractivity contribution in [2.75, 3.05) is 20.1 Å². The maximum Gasteiger partial charge on any atom is 0.253 e. The first kappa shape index (κ1) is 19.4. The van der Waals surface area contributed by atoms with Crippen LogP contribution in [0, 0.1) is 5.92 Å². The fraction of sp³-hybridized carbons (Fsp3) is 0.650. The van der Waals surface area contributed by atoms with E-state index in [0.29, 0.717) is 11.5 Å². The van der Waals surface area contributed by atoms with Crippen molar-refractivity contribution in [1.29, 1.82) is 0 Å². The number of amides is 1. The average molecular weight is 379 g/mol. The highest BCUT2D eigenvalue weighted by Crippen LogP contribution is 2.27. The van der Waals surface area contributed by atoms with Gasteiger partial charge in [-0.05, 0) is 55.9 Å². The zero-order valence-electron chi connectivity index (χ0n) is 15.9. The van der Waals surface area contributed by atoms with E-state index in [1.165, 1.54) is 10.7 Å². The molecular weight excluding hydrogens is 348 g/mol. The van der Waals surface area contributed by atoms with Gasteiger partial charge >= 0.3 is 0 Å². The molecule has 1 saturated carbocycles. The molecule has 1 heterocycles. The SMILES string of the molecule is CC1CCN(C(=O)c2ccc(S(=O)(=O)N(C)C3CCCCC3)cc2)CC1. The number of carbonyl (C=O) groups excluding carboxylic acids is 1. The number of hydrogen-bond acceptors (Lipinski definition) is 3. The molecule has 1 amide bonds. The fourth-order valence-electron chi connectivity index (χ4n) is 3.97. The molecule has 0 spiro atoms. The third kappa shape index (κ3) is 4.12. The van der Waals surface area contributed by atoms with Crippen molar-refractivity contribution >= 4 is 15.9 Å². The highest BCUT2D eigenvalue weighted by Gasteiger charge is 2.29. The van der Waals surface area contributed by atoms with E-state index in [4.69, 9.17) is 0 Å². The molecule has 0 unspecified atom stereocenters. The number of hydrogen-bond donors (Lipinski definition) is 0. The molecule has 0 aromatic heterocycles. The van der Waals surface area contributed by atoms with Gasteiger partial charge in [0.15, 0.2) is 0 Å². The Bertz CT molecular complexity index is 716. The number of benzene rings is 1. The molecule has 1 aliphatic heterocycles. The molecule has 3 rings (SSSR count). The number of likely N-dealkylation sites (tertiary alicyclic amines) is 1. The van der Waals surface area contributed by atoms with Crippen LogP contribution in [0.3, 0.4) is 0 Å². The van der Waals surface area contributed by atoms with E-state index >= 15 is 0 Å². The van der Waals surface area contributed by atoms with Gasteiger partial charge in [0.2, 0.25) is 10.0 Å². The van der Waals surface area contributed by atoms with E-state index in [1.807, 2.05) is 4.90 Å². The summed E-state index contributed by atoms with van der Waals surface area (Å²) in [6.07, 6.45) is 7.30. The summed E-state index contributed by atoms with van der Waals surface area (Å²) in [6.45, 7) is 3.78. The molecule has 1 saturated heterocycles. The molecule has 0 bridgehead atoms. The van der Waals surface area contributed by atoms with Crippen LogP contribution in [-0.4, -0.2) is 49.7 Å². The van der Waals surface area contributed by atoms with Gasteiger partial charge in [0, 0.05) is 31.7 Å². The minimum absolute atomic E-state index is 0.00137. The van der Waals surface area contributed by atoms with Crippen molar-refractivity contribution in [2.45, 2.75) is 62.8 Å². The monoisotopic (exact) mass is 378 g/mol. The first-order valence-corrected chi connectivity index (χ1v) is 11.2. The summed E-state index contributed by atoms with van der Waals surface area (Å²) in [5.41, 5.74) is 0.568. The van der Waals surface area contributed by atoms with Gasteiger partial charge in [0.1, 0.15) is 0 Å². The van der Waals surface area contributed by atoms with E-state index in [-0.39, 0.29) is 16.8 Å². The van der Waals surface area contributed by atoms with Crippen molar-refractivity contribution in [1.82, 2.24) is 9.21 Å². The van der Waals surface area contributed by atoms with E-state index in [0.717, 1.165) is 51.6 Å². The summed E-state index contributed by atoms with van der Waals surface area (Å²) in [4.78, 5) is 14.8. The summed E-state index contributed by atoms with van der Waals surface area (Å²) in [5, 5.41) is 0. The van der Waals surface area contributed by atoms with Crippen molar-refractivity contribution in [3.8, 4) is 0 Å². The Balaban J connectivity index is 1.71. The number of piperidine rings is 1. The Morgan fingerprint density at radius 2 is 1.58 bits per heavy atom. The van der Waals surface area contributed by atoms with Crippen molar-refractivity contribution in [3.05, 3.63) is 29.8 Å². The van der Waals surface area contributed by atoms with Gasteiger partial charge in [0.25, 0.3) is 5.91 Å². The van der Waals surface area contributed by atoms with Gasteiger partial charge in [-0.25, -0.2) is 8.42 Å². The lowest BCUT2D eigenvalue weighted by molar-refractivity contribution is 0.0697. The van der Waals surface area contributed by atoms with Gasteiger partial charge < -0.3 is 4.90 Å². The van der Waals surface area contributed by atoms with Crippen molar-refractivity contribution in [2.24, 2.45) is 5.92 Å². The van der Waals surface area contributed by atoms with Crippen LogP contribution >= 0.6 is 0 Å². The van der Waals surface area contributed by atoms with Crippen LogP contribution in [0.1, 0.15) is 62.2 Å². The fourth-order valence-corrected chi connectivity index (χ4v) is 5.39. The van der Waals surface area contributed by atoms with Gasteiger partial charge in [-0.3, -0.25) is 4.79 Å². The normalized spacial score (nSPS) is 20.5. The number of carbonyl (C=O) groups is 1. The average Bonchev–Trinajstić information content (AvgIpc) is 2.68. The molecule has 2 aliphatic rings. The predicted octanol–water partition coefficient (Wildman–Crippen LogP) is 3.51. The van der Waals surface area contributed by atoms with Crippen LogP contribution in [0.25, 0.3) is 0 Å². The number of rotatable bonds is 4. The Morgan fingerprint density at radius 3 is 2.15 bits per heavy atom. The van der Waals surface area contributed by atoms with Gasteiger partial charge in [-0.15, -0.1) is 0 Å². The van der Waals surface area contributed by atoms with Crippen LogP contribution in [0.15, 0.2) is 29.2 Å². The standard InChI is InChI=1S/C20H30N2O3S/c1-16-12-14-22(15-13-16)20(23)17-8-10-19(11-9-17)26(24,25)21(2)18-6-4-3-5-7-18/h8-11,16,18H,3-7,12-15H2,1-2H3. The zero-order chi connectivity index (χ0) is 18.7. The van der Waals surface area contributed by atoms with Crippen LogP contribution in [0.5, 0.6) is 0 Å². The molecule has 2 fully saturated rings. The molecule has 0 atom stereocenters. The van der Waals surface area contributed by atoms with Crippen LogP contribution < -0.4 is 0 Å². The molecule has 144 valence electrons. The van der Waals surface area contributed by atoms with Crippen LogP contribution in [-0.2, 0) is 10.0 Å². The van der Waals surface area contributed by atoms with E-state index in [1.54, 1.807) is 31.3 Å². The second-order valence-corrected chi connectivity index (χ2v) is 9.81. The smallest absolute Gasteiger partial charge is 0.253 e. The lowest BCUT2D eigenvalue weighted by Crippen LogP contribution is -2.38. The molecule has 1 aromatic carbocycles. The Morgan fingerprint density at radius 1 is 1.00 bits per heavy atom. The predicted molar refractivity (Wildman–Crippen MR) is 103 cm³/mol. The lowest BCUT2D eigenvalue weighted by Gasteiger charge is -2.31. The molecule has 5 nitrogen and oxygen atoms in total. The van der Waals surface area contributed by atoms with Gasteiger partial charge in [0.05, 0.1) is 4.90 Å². The Labute approximate surface area is 157 Å². The van der Waals surface area contributed by atoms with Crippen LogP contribution in [0.2, 0.25) is 0 Å². The zero-order valence-corrected chi connectivity index (χ0v) is 16.7. The molecule has 1 aliphatic carbocycles. The van der Waals surface area contributed by atoms with E-state index in [2.05, 4.69) is 6.92 Å². The minimum Gasteiger partial charge on any atom is -0.339 e.